The Bertz CT molecular complexity index is 1100. The summed E-state index contributed by atoms with van der Waals surface area (Å²) in [5, 5.41) is 7.84. The van der Waals surface area contributed by atoms with Gasteiger partial charge in [0, 0.05) is 68.5 Å². The Kier molecular flexibility index (Phi) is 7.40. The minimum atomic E-state index is -0.202. The Morgan fingerprint density at radius 1 is 1.00 bits per heavy atom. The van der Waals surface area contributed by atoms with E-state index in [2.05, 4.69) is 26.6 Å². The molecule has 3 amide bonds. The third-order valence-corrected chi connectivity index (χ3v) is 6.00. The lowest BCUT2D eigenvalue weighted by atomic mass is 10.0. The maximum Gasteiger partial charge on any atom is 0.317 e. The van der Waals surface area contributed by atoms with Crippen molar-refractivity contribution in [1.82, 2.24) is 15.2 Å². The van der Waals surface area contributed by atoms with Gasteiger partial charge in [-0.2, -0.15) is 0 Å². The standard InChI is InChI=1S/C26H31N5O2/c1-30(19-20-8-4-2-5-9-20)26(33)28-15-13-25(32)29-23-10-11-24(31-16-6-3-7-17-31)21-12-14-27-18-22(21)23/h2,4-5,8-12,14,18H,3,6-7,13,15-17,19H2,1H3,(H,28,33)(H,29,32). The third kappa shape index (κ3) is 5.80. The molecule has 1 fully saturated rings. The molecular weight excluding hydrogens is 414 g/mol. The van der Waals surface area contributed by atoms with E-state index < -0.39 is 0 Å². The lowest BCUT2D eigenvalue weighted by Crippen LogP contribution is -2.38. The van der Waals surface area contributed by atoms with Crippen molar-refractivity contribution in [2.24, 2.45) is 0 Å². The van der Waals surface area contributed by atoms with Crippen LogP contribution in [0.15, 0.2) is 60.9 Å². The van der Waals surface area contributed by atoms with E-state index in [4.69, 9.17) is 0 Å². The second-order valence-corrected chi connectivity index (χ2v) is 8.47. The number of carbonyl (C=O) groups excluding carboxylic acids is 2. The van der Waals surface area contributed by atoms with Crippen LogP contribution in [0.25, 0.3) is 10.8 Å². The highest BCUT2D eigenvalue weighted by Gasteiger charge is 2.16. The summed E-state index contributed by atoms with van der Waals surface area (Å²) in [6.45, 7) is 2.90. The topological polar surface area (TPSA) is 77.6 Å². The molecule has 0 atom stereocenters. The monoisotopic (exact) mass is 445 g/mol. The first-order valence-corrected chi connectivity index (χ1v) is 11.6. The Labute approximate surface area is 194 Å². The van der Waals surface area contributed by atoms with E-state index >= 15 is 0 Å². The van der Waals surface area contributed by atoms with Crippen molar-refractivity contribution in [3.8, 4) is 0 Å². The summed E-state index contributed by atoms with van der Waals surface area (Å²) >= 11 is 0. The van der Waals surface area contributed by atoms with Gasteiger partial charge in [0.25, 0.3) is 0 Å². The lowest BCUT2D eigenvalue weighted by molar-refractivity contribution is -0.116. The normalized spacial score (nSPS) is 13.5. The molecule has 1 aromatic heterocycles. The fourth-order valence-corrected chi connectivity index (χ4v) is 4.25. The van der Waals surface area contributed by atoms with Gasteiger partial charge in [0.15, 0.2) is 0 Å². The van der Waals surface area contributed by atoms with Crippen LogP contribution in [0.1, 0.15) is 31.2 Å². The summed E-state index contributed by atoms with van der Waals surface area (Å²) in [6, 6.07) is 15.7. The van der Waals surface area contributed by atoms with E-state index in [1.54, 1.807) is 24.3 Å². The molecule has 0 spiro atoms. The number of aromatic nitrogens is 1. The molecule has 4 rings (SSSR count). The van der Waals surface area contributed by atoms with Gasteiger partial charge in [-0.3, -0.25) is 9.78 Å². The Morgan fingerprint density at radius 2 is 1.79 bits per heavy atom. The molecule has 1 aliphatic rings. The summed E-state index contributed by atoms with van der Waals surface area (Å²) in [4.78, 5) is 33.2. The van der Waals surface area contributed by atoms with Crippen LogP contribution in [-0.4, -0.2) is 48.5 Å². The molecule has 7 heteroatoms. The van der Waals surface area contributed by atoms with Crippen molar-refractivity contribution in [3.05, 3.63) is 66.5 Å². The summed E-state index contributed by atoms with van der Waals surface area (Å²) in [5.41, 5.74) is 3.00. The van der Waals surface area contributed by atoms with E-state index in [0.29, 0.717) is 6.54 Å². The first-order chi connectivity index (χ1) is 16.1. The van der Waals surface area contributed by atoms with Gasteiger partial charge in [0.1, 0.15) is 0 Å². The SMILES string of the molecule is CN(Cc1ccccc1)C(=O)NCCC(=O)Nc1ccc(N2CCCCC2)c2ccncc12. The van der Waals surface area contributed by atoms with Crippen LogP contribution >= 0.6 is 0 Å². The molecule has 1 saturated heterocycles. The molecule has 0 aliphatic carbocycles. The minimum Gasteiger partial charge on any atom is -0.371 e. The van der Waals surface area contributed by atoms with Crippen molar-refractivity contribution < 1.29 is 9.59 Å². The van der Waals surface area contributed by atoms with Crippen LogP contribution in [0.2, 0.25) is 0 Å². The smallest absolute Gasteiger partial charge is 0.317 e. The Morgan fingerprint density at radius 3 is 2.58 bits per heavy atom. The first kappa shape index (κ1) is 22.6. The van der Waals surface area contributed by atoms with E-state index in [-0.39, 0.29) is 24.9 Å². The molecule has 0 radical (unpaired) electrons. The highest BCUT2D eigenvalue weighted by molar-refractivity contribution is 6.06. The largest absolute Gasteiger partial charge is 0.371 e. The number of benzene rings is 2. The van der Waals surface area contributed by atoms with Crippen molar-refractivity contribution in [2.45, 2.75) is 32.2 Å². The number of pyridine rings is 1. The molecule has 33 heavy (non-hydrogen) atoms. The molecule has 1 aliphatic heterocycles. The minimum absolute atomic E-state index is 0.142. The number of carbonyl (C=O) groups is 2. The predicted octanol–water partition coefficient (Wildman–Crippen LogP) is 4.40. The molecule has 172 valence electrons. The predicted molar refractivity (Wildman–Crippen MR) is 132 cm³/mol. The van der Waals surface area contributed by atoms with Gasteiger partial charge in [0.05, 0.1) is 5.69 Å². The van der Waals surface area contributed by atoms with Crippen LogP contribution in [-0.2, 0) is 11.3 Å². The first-order valence-electron chi connectivity index (χ1n) is 11.6. The number of rotatable bonds is 7. The molecule has 7 nitrogen and oxygen atoms in total. The molecule has 0 saturated carbocycles. The number of nitrogens with one attached hydrogen (secondary N) is 2. The number of hydrogen-bond acceptors (Lipinski definition) is 4. The molecule has 0 bridgehead atoms. The zero-order chi connectivity index (χ0) is 23.0. The number of amides is 3. The quantitative estimate of drug-likeness (QED) is 0.565. The number of anilines is 2. The molecule has 2 heterocycles. The molecule has 2 N–H and O–H groups in total. The summed E-state index contributed by atoms with van der Waals surface area (Å²) in [6.07, 6.45) is 7.49. The van der Waals surface area contributed by atoms with Crippen molar-refractivity contribution >= 4 is 34.1 Å². The van der Waals surface area contributed by atoms with Crippen molar-refractivity contribution in [3.63, 3.8) is 0 Å². The lowest BCUT2D eigenvalue weighted by Gasteiger charge is -2.30. The van der Waals surface area contributed by atoms with Crippen molar-refractivity contribution in [2.75, 3.05) is 36.9 Å². The number of piperidine rings is 1. The summed E-state index contributed by atoms with van der Waals surface area (Å²) in [7, 11) is 1.74. The number of hydrogen-bond donors (Lipinski definition) is 2. The Balaban J connectivity index is 1.33. The number of urea groups is 1. The fraction of sp³-hybridized carbons (Fsp3) is 0.346. The average molecular weight is 446 g/mol. The maximum atomic E-state index is 12.6. The zero-order valence-corrected chi connectivity index (χ0v) is 19.1. The molecule has 2 aromatic carbocycles. The van der Waals surface area contributed by atoms with Gasteiger partial charge in [-0.25, -0.2) is 4.79 Å². The van der Waals surface area contributed by atoms with Gasteiger partial charge in [-0.05, 0) is 43.0 Å². The average Bonchev–Trinajstić information content (AvgIpc) is 2.85. The van der Waals surface area contributed by atoms with Gasteiger partial charge < -0.3 is 20.4 Å². The molecular formula is C26H31N5O2. The fourth-order valence-electron chi connectivity index (χ4n) is 4.25. The second-order valence-electron chi connectivity index (χ2n) is 8.47. The highest BCUT2D eigenvalue weighted by Crippen LogP contribution is 2.33. The van der Waals surface area contributed by atoms with Crippen LogP contribution in [0.4, 0.5) is 16.2 Å². The number of nitrogens with zero attached hydrogens (tertiary/aromatic N) is 3. The van der Waals surface area contributed by atoms with E-state index in [9.17, 15) is 9.59 Å². The maximum absolute atomic E-state index is 12.6. The Hall–Kier alpha value is -3.61. The van der Waals surface area contributed by atoms with Gasteiger partial charge in [-0.1, -0.05) is 30.3 Å². The van der Waals surface area contributed by atoms with E-state index in [1.807, 2.05) is 42.5 Å². The zero-order valence-electron chi connectivity index (χ0n) is 19.1. The van der Waals surface area contributed by atoms with Crippen LogP contribution in [0.5, 0.6) is 0 Å². The molecule has 3 aromatic rings. The van der Waals surface area contributed by atoms with E-state index in [1.165, 1.54) is 24.9 Å². The van der Waals surface area contributed by atoms with Gasteiger partial charge in [-0.15, -0.1) is 0 Å². The van der Waals surface area contributed by atoms with Gasteiger partial charge >= 0.3 is 6.03 Å². The third-order valence-electron chi connectivity index (χ3n) is 6.00. The summed E-state index contributed by atoms with van der Waals surface area (Å²) < 4.78 is 0. The molecule has 0 unspecified atom stereocenters. The highest BCUT2D eigenvalue weighted by atomic mass is 16.2. The van der Waals surface area contributed by atoms with Crippen LogP contribution in [0, 0.1) is 0 Å². The van der Waals surface area contributed by atoms with Crippen LogP contribution < -0.4 is 15.5 Å². The second kappa shape index (κ2) is 10.8. The van der Waals surface area contributed by atoms with E-state index in [0.717, 1.165) is 35.1 Å². The van der Waals surface area contributed by atoms with Gasteiger partial charge in [0.2, 0.25) is 5.91 Å². The van der Waals surface area contributed by atoms with Crippen molar-refractivity contribution in [1.29, 1.82) is 0 Å². The number of fused-ring (bicyclic) bond motifs is 1. The van der Waals surface area contributed by atoms with Crippen LogP contribution in [0.3, 0.4) is 0 Å². The summed E-state index contributed by atoms with van der Waals surface area (Å²) in [5.74, 6) is -0.142.